The van der Waals surface area contributed by atoms with Crippen LogP contribution in [0.5, 0.6) is 0 Å². The summed E-state index contributed by atoms with van der Waals surface area (Å²) in [5.41, 5.74) is 26.9. The average Bonchev–Trinajstić information content (AvgIpc) is 2.96. The monoisotopic (exact) mass is 603 g/mol. The topological polar surface area (TPSA) is 314 Å². The van der Waals surface area contributed by atoms with Crippen LogP contribution in [0.2, 0.25) is 0 Å². The van der Waals surface area contributed by atoms with Gasteiger partial charge >= 0.3 is 0 Å². The van der Waals surface area contributed by atoms with E-state index in [1.54, 1.807) is 0 Å². The highest BCUT2D eigenvalue weighted by atomic mass is 16.7. The largest absolute Gasteiger partial charge is 0.389 e. The second-order valence-electron chi connectivity index (χ2n) is 10.6. The number of terminal acetylenes is 1. The molecule has 0 aromatic carbocycles. The highest BCUT2D eigenvalue weighted by Crippen LogP contribution is 2.31. The van der Waals surface area contributed by atoms with Gasteiger partial charge in [-0.05, 0) is 18.4 Å². The maximum absolute atomic E-state index is 12.1. The van der Waals surface area contributed by atoms with Gasteiger partial charge in [-0.1, -0.05) is 5.11 Å². The van der Waals surface area contributed by atoms with E-state index in [2.05, 4.69) is 21.3 Å². The van der Waals surface area contributed by atoms with Crippen LogP contribution < -0.4 is 22.5 Å². The van der Waals surface area contributed by atoms with E-state index in [4.69, 9.17) is 48.1 Å². The molecule has 2 saturated heterocycles. The minimum absolute atomic E-state index is 0.0250. The smallest absolute Gasteiger partial charge is 0.220 e. The number of rotatable bonds is 11. The van der Waals surface area contributed by atoms with Crippen LogP contribution >= 0.6 is 0 Å². The van der Waals surface area contributed by atoms with Gasteiger partial charge in [0.25, 0.3) is 0 Å². The van der Waals surface area contributed by atoms with Gasteiger partial charge in [-0.15, -0.1) is 12.3 Å². The molecule has 0 radical (unpaired) electrons. The molecule has 18 heteroatoms. The molecule has 1 amide bonds. The molecule has 3 fully saturated rings. The first kappa shape index (κ1) is 34.3. The van der Waals surface area contributed by atoms with Crippen molar-refractivity contribution in [2.75, 3.05) is 13.1 Å². The molecule has 42 heavy (non-hydrogen) atoms. The Morgan fingerprint density at radius 3 is 2.12 bits per heavy atom. The molecule has 3 rings (SSSR count). The number of nitrogens with two attached hydrogens (primary N) is 3. The van der Waals surface area contributed by atoms with E-state index in [0.29, 0.717) is 12.8 Å². The second-order valence-corrected chi connectivity index (χ2v) is 10.6. The Balaban J connectivity index is 1.68. The zero-order chi connectivity index (χ0) is 31.1. The highest BCUT2D eigenvalue weighted by Gasteiger charge is 2.51. The van der Waals surface area contributed by atoms with E-state index in [1.165, 1.54) is 0 Å². The summed E-state index contributed by atoms with van der Waals surface area (Å²) >= 11 is 0. The van der Waals surface area contributed by atoms with Crippen LogP contribution in [0.3, 0.4) is 0 Å². The predicted molar refractivity (Wildman–Crippen MR) is 141 cm³/mol. The fourth-order valence-electron chi connectivity index (χ4n) is 5.15. The maximum atomic E-state index is 12.1. The van der Waals surface area contributed by atoms with E-state index in [-0.39, 0.29) is 31.8 Å². The van der Waals surface area contributed by atoms with Crippen LogP contribution in [0, 0.1) is 12.3 Å². The van der Waals surface area contributed by atoms with Crippen molar-refractivity contribution in [2.45, 2.75) is 117 Å². The zero-order valence-corrected chi connectivity index (χ0v) is 22.8. The lowest BCUT2D eigenvalue weighted by atomic mass is 9.84. The molecule has 1 saturated carbocycles. The Morgan fingerprint density at radius 1 is 0.929 bits per heavy atom. The number of carbonyl (C=O) groups is 1. The van der Waals surface area contributed by atoms with E-state index in [9.17, 15) is 35.4 Å². The van der Waals surface area contributed by atoms with Crippen LogP contribution in [0.25, 0.3) is 10.4 Å². The maximum Gasteiger partial charge on any atom is 0.220 e. The first-order valence-corrected chi connectivity index (χ1v) is 13.6. The van der Waals surface area contributed by atoms with Crippen molar-refractivity contribution >= 4 is 5.91 Å². The summed E-state index contributed by atoms with van der Waals surface area (Å²) in [6.45, 7) is -0.541. The standard InChI is InChI=1S/C24H41N7O11/c1-2-3-4-5-13(32)29-7-11-16(34)18(36)19(37)24(39-11)42-22-10(26)6-9(25)21(20(22)38)41-23-17(35)14(27)15(33)12(40-23)8-30-31-28/h1,9-12,14-24,33-38H,3-8,25-27H2,(H,29,32)/t9-,10+,11-,12-,14+,15-,16-,17-,18+,19-,20-,21+,22-,23-,24-/m1/s1. The van der Waals surface area contributed by atoms with Crippen molar-refractivity contribution in [3.05, 3.63) is 10.4 Å². The molecule has 18 nitrogen and oxygen atoms in total. The third kappa shape index (κ3) is 8.05. The van der Waals surface area contributed by atoms with Gasteiger partial charge in [0.05, 0.1) is 24.8 Å². The van der Waals surface area contributed by atoms with Gasteiger partial charge in [0.15, 0.2) is 12.6 Å². The van der Waals surface area contributed by atoms with Gasteiger partial charge in [0, 0.05) is 36.4 Å². The van der Waals surface area contributed by atoms with E-state index >= 15 is 0 Å². The number of nitrogens with zero attached hydrogens (tertiary/aromatic N) is 3. The van der Waals surface area contributed by atoms with Gasteiger partial charge in [-0.25, -0.2) is 0 Å². The summed E-state index contributed by atoms with van der Waals surface area (Å²) in [4.78, 5) is 14.7. The molecule has 0 unspecified atom stereocenters. The van der Waals surface area contributed by atoms with Gasteiger partial charge in [-0.3, -0.25) is 4.79 Å². The van der Waals surface area contributed by atoms with Crippen molar-refractivity contribution in [1.29, 1.82) is 0 Å². The molecule has 238 valence electrons. The Bertz CT molecular complexity index is 985. The summed E-state index contributed by atoms with van der Waals surface area (Å²) in [6, 6.07) is -3.06. The Kier molecular flexibility index (Phi) is 12.7. The molecule has 2 heterocycles. The van der Waals surface area contributed by atoms with Gasteiger partial charge in [0.1, 0.15) is 48.8 Å². The molecule has 0 aromatic rings. The number of azide groups is 1. The van der Waals surface area contributed by atoms with Gasteiger partial charge < -0.3 is 72.1 Å². The number of hydrogen-bond acceptors (Lipinski definition) is 15. The molecule has 0 spiro atoms. The number of amides is 1. The van der Waals surface area contributed by atoms with Crippen molar-refractivity contribution in [3.63, 3.8) is 0 Å². The summed E-state index contributed by atoms with van der Waals surface area (Å²) in [5, 5.41) is 69.2. The molecular weight excluding hydrogens is 562 g/mol. The molecule has 15 atom stereocenters. The first-order chi connectivity index (χ1) is 19.9. The van der Waals surface area contributed by atoms with E-state index < -0.39 is 91.7 Å². The summed E-state index contributed by atoms with van der Waals surface area (Å²) in [6.07, 6.45) is -11.4. The van der Waals surface area contributed by atoms with Crippen LogP contribution in [0.15, 0.2) is 5.11 Å². The van der Waals surface area contributed by atoms with Crippen molar-refractivity contribution < 1.29 is 54.4 Å². The number of unbranched alkanes of at least 4 members (excludes halogenated alkanes) is 1. The quantitative estimate of drug-likeness (QED) is 0.0348. The number of aliphatic hydroxyl groups is 6. The molecule has 2 aliphatic heterocycles. The fraction of sp³-hybridized carbons (Fsp3) is 0.875. The third-order valence-electron chi connectivity index (χ3n) is 7.62. The molecule has 0 bridgehead atoms. The summed E-state index contributed by atoms with van der Waals surface area (Å²) in [7, 11) is 0. The Hall–Kier alpha value is -2.18. The minimum atomic E-state index is -1.76. The van der Waals surface area contributed by atoms with Crippen LogP contribution in [-0.2, 0) is 23.7 Å². The molecule has 0 aromatic heterocycles. The normalized spacial score (nSPS) is 44.0. The average molecular weight is 604 g/mol. The molecule has 3 aliphatic rings. The molecule has 13 N–H and O–H groups in total. The van der Waals surface area contributed by atoms with Crippen LogP contribution in [-0.4, -0.2) is 141 Å². The Morgan fingerprint density at radius 2 is 1.52 bits per heavy atom. The summed E-state index contributed by atoms with van der Waals surface area (Å²) in [5.74, 6) is 2.06. The number of ether oxygens (including phenoxy) is 4. The number of hydrogen-bond donors (Lipinski definition) is 10. The third-order valence-corrected chi connectivity index (χ3v) is 7.62. The Labute approximate surface area is 241 Å². The number of carbonyl (C=O) groups excluding carboxylic acids is 1. The van der Waals surface area contributed by atoms with Crippen molar-refractivity contribution in [2.24, 2.45) is 22.3 Å². The minimum Gasteiger partial charge on any atom is -0.389 e. The predicted octanol–water partition coefficient (Wildman–Crippen LogP) is -5.01. The fourth-order valence-corrected chi connectivity index (χ4v) is 5.15. The molecular formula is C24H41N7O11. The van der Waals surface area contributed by atoms with Crippen LogP contribution in [0.4, 0.5) is 0 Å². The SMILES string of the molecule is C#CCCCC(=O)NC[C@H]1O[C@H](O[C@H]2[C@H](O)[C@@H](O[C@H]3O[C@H](CN=[N+]=[N-])[C@@H](O)[C@H](N)[C@H]3O)[C@H](N)C[C@@H]2N)[C@H](O)[C@@H](O)[C@@H]1O. The van der Waals surface area contributed by atoms with E-state index in [1.807, 2.05) is 0 Å². The summed E-state index contributed by atoms with van der Waals surface area (Å²) < 4.78 is 22.8. The lowest BCUT2D eigenvalue weighted by molar-refractivity contribution is -0.331. The lowest BCUT2D eigenvalue weighted by Crippen LogP contribution is -2.68. The molecule has 1 aliphatic carbocycles. The van der Waals surface area contributed by atoms with Crippen LogP contribution in [0.1, 0.15) is 25.7 Å². The van der Waals surface area contributed by atoms with Crippen molar-refractivity contribution in [1.82, 2.24) is 5.32 Å². The van der Waals surface area contributed by atoms with Crippen molar-refractivity contribution in [3.8, 4) is 12.3 Å². The second kappa shape index (κ2) is 15.5. The van der Waals surface area contributed by atoms with Gasteiger partial charge in [-0.2, -0.15) is 0 Å². The number of aliphatic hydroxyl groups excluding tert-OH is 6. The number of nitrogens with one attached hydrogen (secondary N) is 1. The van der Waals surface area contributed by atoms with E-state index in [0.717, 1.165) is 0 Å². The first-order valence-electron chi connectivity index (χ1n) is 13.6. The lowest BCUT2D eigenvalue weighted by Gasteiger charge is -2.48. The van der Waals surface area contributed by atoms with Gasteiger partial charge in [0.2, 0.25) is 5.91 Å². The zero-order valence-electron chi connectivity index (χ0n) is 22.8. The highest BCUT2D eigenvalue weighted by molar-refractivity contribution is 5.75.